The van der Waals surface area contributed by atoms with Crippen LogP contribution in [0.15, 0.2) is 48.5 Å². The first-order valence-electron chi connectivity index (χ1n) is 8.18. The Morgan fingerprint density at radius 3 is 2.70 bits per heavy atom. The third-order valence-corrected chi connectivity index (χ3v) is 4.99. The van der Waals surface area contributed by atoms with Crippen molar-refractivity contribution in [1.29, 1.82) is 0 Å². The number of epoxide rings is 1. The summed E-state index contributed by atoms with van der Waals surface area (Å²) < 4.78 is 17.5. The molecule has 0 aromatic heterocycles. The number of fused-ring (bicyclic) bond motifs is 1. The largest absolute Gasteiger partial charge is 0.378 e. The maximum Gasteiger partial charge on any atom is 0.147 e. The first kappa shape index (κ1) is 14.9. The average molecular weight is 310 g/mol. The quantitative estimate of drug-likeness (QED) is 0.811. The Morgan fingerprint density at radius 2 is 1.96 bits per heavy atom. The Bertz CT molecular complexity index is 732. The van der Waals surface area contributed by atoms with Gasteiger partial charge in [-0.2, -0.15) is 0 Å². The van der Waals surface area contributed by atoms with E-state index in [1.807, 2.05) is 0 Å². The van der Waals surface area contributed by atoms with Crippen molar-refractivity contribution in [1.82, 2.24) is 0 Å². The molecule has 3 nitrogen and oxygen atoms in total. The molecule has 2 fully saturated rings. The highest BCUT2D eigenvalue weighted by atomic mass is 16.7. The molecule has 2 aromatic carbocycles. The van der Waals surface area contributed by atoms with Crippen molar-refractivity contribution in [2.75, 3.05) is 20.3 Å². The Morgan fingerprint density at radius 1 is 1.17 bits per heavy atom. The van der Waals surface area contributed by atoms with E-state index >= 15 is 0 Å². The van der Waals surface area contributed by atoms with Gasteiger partial charge in [-0.25, -0.2) is 0 Å². The summed E-state index contributed by atoms with van der Waals surface area (Å²) in [6, 6.07) is 14.9. The van der Waals surface area contributed by atoms with Crippen molar-refractivity contribution in [3.8, 4) is 0 Å². The third kappa shape index (κ3) is 2.59. The van der Waals surface area contributed by atoms with Crippen molar-refractivity contribution >= 4 is 16.8 Å². The molecule has 0 aliphatic carbocycles. The van der Waals surface area contributed by atoms with Crippen LogP contribution in [0, 0.1) is 5.92 Å². The minimum atomic E-state index is -0.292. The number of ether oxygens (including phenoxy) is 3. The van der Waals surface area contributed by atoms with Gasteiger partial charge in [0.2, 0.25) is 0 Å². The summed E-state index contributed by atoms with van der Waals surface area (Å²) in [4.78, 5) is 0. The molecule has 2 aromatic rings. The molecule has 4 rings (SSSR count). The number of benzene rings is 2. The third-order valence-electron chi connectivity index (χ3n) is 4.99. The molecule has 2 heterocycles. The van der Waals surface area contributed by atoms with Crippen LogP contribution in [0.3, 0.4) is 0 Å². The van der Waals surface area contributed by atoms with Crippen LogP contribution in [0.2, 0.25) is 0 Å². The Balaban J connectivity index is 1.58. The molecule has 0 unspecified atom stereocenters. The molecule has 120 valence electrons. The molecule has 3 heteroatoms. The lowest BCUT2D eigenvalue weighted by Crippen LogP contribution is -2.52. The van der Waals surface area contributed by atoms with Crippen molar-refractivity contribution < 1.29 is 14.2 Å². The highest BCUT2D eigenvalue weighted by Gasteiger charge is 2.61. The average Bonchev–Trinajstić information content (AvgIpc) is 3.35. The topological polar surface area (TPSA) is 31.0 Å². The van der Waals surface area contributed by atoms with E-state index in [2.05, 4.69) is 61.5 Å². The predicted octanol–water partition coefficient (Wildman–Crippen LogP) is 3.67. The number of hydrogen-bond donors (Lipinski definition) is 0. The van der Waals surface area contributed by atoms with E-state index in [0.717, 1.165) is 0 Å². The van der Waals surface area contributed by atoms with Crippen molar-refractivity contribution in [3.63, 3.8) is 0 Å². The van der Waals surface area contributed by atoms with Gasteiger partial charge in [0.05, 0.1) is 19.3 Å². The van der Waals surface area contributed by atoms with E-state index in [9.17, 15) is 0 Å². The normalized spacial score (nSPS) is 33.6. The predicted molar refractivity (Wildman–Crippen MR) is 91.4 cm³/mol. The Hall–Kier alpha value is -1.68. The van der Waals surface area contributed by atoms with Crippen LogP contribution in [0.1, 0.15) is 12.5 Å². The standard InChI is InChI=1S/C20H22O3/c1-14-12-22-18(20(13-23-20)19(14)21-2)10-8-15-7-9-16-5-3-4-6-17(16)11-15/h3-11,14,18-19H,12-13H2,1-2H3/t14-,18-,19-,20+/m0/s1. The lowest BCUT2D eigenvalue weighted by molar-refractivity contribution is -0.130. The van der Waals surface area contributed by atoms with Crippen LogP contribution in [-0.2, 0) is 14.2 Å². The first-order valence-corrected chi connectivity index (χ1v) is 8.18. The molecule has 4 atom stereocenters. The number of hydrogen-bond acceptors (Lipinski definition) is 3. The lowest BCUT2D eigenvalue weighted by atomic mass is 9.85. The lowest BCUT2D eigenvalue weighted by Gasteiger charge is -2.38. The molecule has 0 saturated carbocycles. The fourth-order valence-corrected chi connectivity index (χ4v) is 3.70. The second-order valence-corrected chi connectivity index (χ2v) is 6.60. The van der Waals surface area contributed by atoms with E-state index < -0.39 is 0 Å². The maximum atomic E-state index is 6.02. The molecule has 0 radical (unpaired) electrons. The fourth-order valence-electron chi connectivity index (χ4n) is 3.70. The van der Waals surface area contributed by atoms with E-state index in [4.69, 9.17) is 14.2 Å². The van der Waals surface area contributed by atoms with Crippen molar-refractivity contribution in [2.24, 2.45) is 5.92 Å². The van der Waals surface area contributed by atoms with Gasteiger partial charge in [0, 0.05) is 13.0 Å². The summed E-state index contributed by atoms with van der Waals surface area (Å²) in [5, 5.41) is 2.51. The molecular weight excluding hydrogens is 288 g/mol. The van der Waals surface area contributed by atoms with E-state index in [1.54, 1.807) is 7.11 Å². The second-order valence-electron chi connectivity index (χ2n) is 6.60. The summed E-state index contributed by atoms with van der Waals surface area (Å²) in [5.41, 5.74) is 0.885. The van der Waals surface area contributed by atoms with E-state index in [-0.39, 0.29) is 17.8 Å². The maximum absolute atomic E-state index is 6.02. The molecule has 0 bridgehead atoms. The molecule has 2 saturated heterocycles. The van der Waals surface area contributed by atoms with Crippen LogP contribution in [0.25, 0.3) is 16.8 Å². The highest BCUT2D eigenvalue weighted by molar-refractivity contribution is 5.84. The Labute approximate surface area is 136 Å². The summed E-state index contributed by atoms with van der Waals surface area (Å²) >= 11 is 0. The summed E-state index contributed by atoms with van der Waals surface area (Å²) in [6.45, 7) is 3.57. The zero-order chi connectivity index (χ0) is 15.9. The van der Waals surface area contributed by atoms with Gasteiger partial charge in [-0.1, -0.05) is 55.5 Å². The highest BCUT2D eigenvalue weighted by Crippen LogP contribution is 2.44. The van der Waals surface area contributed by atoms with Crippen LogP contribution >= 0.6 is 0 Å². The minimum Gasteiger partial charge on any atom is -0.378 e. The molecule has 2 aliphatic rings. The van der Waals surface area contributed by atoms with E-state index in [1.165, 1.54) is 16.3 Å². The molecule has 0 amide bonds. The van der Waals surface area contributed by atoms with Crippen LogP contribution < -0.4 is 0 Å². The zero-order valence-corrected chi connectivity index (χ0v) is 13.6. The number of rotatable bonds is 3. The van der Waals surface area contributed by atoms with Gasteiger partial charge >= 0.3 is 0 Å². The Kier molecular flexibility index (Phi) is 3.72. The van der Waals surface area contributed by atoms with Gasteiger partial charge in [-0.05, 0) is 22.4 Å². The summed E-state index contributed by atoms with van der Waals surface area (Å²) in [6.07, 6.45) is 4.30. The molecule has 1 spiro atoms. The molecular formula is C20H22O3. The zero-order valence-electron chi connectivity index (χ0n) is 13.6. The van der Waals surface area contributed by atoms with Gasteiger partial charge in [-0.3, -0.25) is 0 Å². The van der Waals surface area contributed by atoms with Gasteiger partial charge < -0.3 is 14.2 Å². The van der Waals surface area contributed by atoms with Gasteiger partial charge in [0.25, 0.3) is 0 Å². The summed E-state index contributed by atoms with van der Waals surface area (Å²) in [7, 11) is 1.76. The van der Waals surface area contributed by atoms with Crippen LogP contribution in [0.5, 0.6) is 0 Å². The molecule has 23 heavy (non-hydrogen) atoms. The van der Waals surface area contributed by atoms with Crippen molar-refractivity contribution in [3.05, 3.63) is 54.1 Å². The van der Waals surface area contributed by atoms with Crippen LogP contribution in [0.4, 0.5) is 0 Å². The number of methoxy groups -OCH3 is 1. The van der Waals surface area contributed by atoms with E-state index in [0.29, 0.717) is 19.1 Å². The van der Waals surface area contributed by atoms with Crippen molar-refractivity contribution in [2.45, 2.75) is 24.7 Å². The minimum absolute atomic E-state index is 0.0462. The SMILES string of the molecule is CO[C@H]1[C@@H](C)CO[C@@H](C=Cc2ccc3ccccc3c2)[C@]12CO2. The smallest absolute Gasteiger partial charge is 0.147 e. The molecule has 2 aliphatic heterocycles. The van der Waals surface area contributed by atoms with Crippen LogP contribution in [-0.4, -0.2) is 38.1 Å². The van der Waals surface area contributed by atoms with Gasteiger partial charge in [0.1, 0.15) is 11.7 Å². The monoisotopic (exact) mass is 310 g/mol. The second kappa shape index (κ2) is 5.75. The summed E-state index contributed by atoms with van der Waals surface area (Å²) in [5.74, 6) is 0.354. The fraction of sp³-hybridized carbons (Fsp3) is 0.400. The van der Waals surface area contributed by atoms with Gasteiger partial charge in [0.15, 0.2) is 0 Å². The van der Waals surface area contributed by atoms with Gasteiger partial charge in [-0.15, -0.1) is 0 Å². The molecule has 0 N–H and O–H groups in total. The first-order chi connectivity index (χ1) is 11.2.